The van der Waals surface area contributed by atoms with Crippen molar-refractivity contribution in [2.45, 2.75) is 50.1 Å². The molecule has 1 N–H and O–H groups in total. The van der Waals surface area contributed by atoms with Crippen molar-refractivity contribution in [3.63, 3.8) is 0 Å². The maximum atomic E-state index is 14.0. The van der Waals surface area contributed by atoms with E-state index >= 15 is 0 Å². The van der Waals surface area contributed by atoms with Crippen molar-refractivity contribution in [1.29, 1.82) is 0 Å². The zero-order chi connectivity index (χ0) is 28.2. The summed E-state index contributed by atoms with van der Waals surface area (Å²) in [6, 6.07) is 20.0. The molecule has 0 spiro atoms. The second-order valence-electron chi connectivity index (χ2n) is 11.3. The Kier molecular flexibility index (Phi) is 8.58. The van der Waals surface area contributed by atoms with Crippen molar-refractivity contribution in [2.75, 3.05) is 51.3 Å². The van der Waals surface area contributed by atoms with Gasteiger partial charge in [0.25, 0.3) is 5.91 Å². The Morgan fingerprint density at radius 2 is 1.73 bits per heavy atom. The minimum Gasteiger partial charge on any atom is -0.495 e. The number of fused-ring (bicyclic) bond motifs is 1. The molecule has 2 fully saturated rings. The van der Waals surface area contributed by atoms with Gasteiger partial charge >= 0.3 is 0 Å². The molecule has 7 nitrogen and oxygen atoms in total. The van der Waals surface area contributed by atoms with E-state index in [0.29, 0.717) is 12.1 Å². The fourth-order valence-corrected chi connectivity index (χ4v) is 7.77. The number of ether oxygens (including phenoxy) is 1. The van der Waals surface area contributed by atoms with Gasteiger partial charge in [-0.15, -0.1) is 11.3 Å². The smallest absolute Gasteiger partial charge is 0.254 e. The molecule has 3 aliphatic rings. The number of carbonyl (C=O) groups is 2. The maximum Gasteiger partial charge on any atom is 0.254 e. The van der Waals surface area contributed by atoms with Crippen molar-refractivity contribution in [1.82, 2.24) is 15.1 Å². The number of carbonyl (C=O) groups excluding carboxylic acids is 2. The molecule has 2 atom stereocenters. The molecule has 3 heterocycles. The summed E-state index contributed by atoms with van der Waals surface area (Å²) in [5.41, 5.74) is 2.69. The number of amides is 2. The number of para-hydroxylation sites is 2. The van der Waals surface area contributed by atoms with E-state index in [4.69, 9.17) is 4.74 Å². The van der Waals surface area contributed by atoms with Gasteiger partial charge in [0.2, 0.25) is 5.91 Å². The summed E-state index contributed by atoms with van der Waals surface area (Å²) in [5.74, 6) is 0.601. The molecule has 8 heteroatoms. The number of rotatable bonds is 9. The third-order valence-corrected chi connectivity index (χ3v) is 9.90. The van der Waals surface area contributed by atoms with Crippen molar-refractivity contribution in [3.05, 3.63) is 82.0 Å². The Hall–Kier alpha value is -3.36. The second kappa shape index (κ2) is 12.7. The molecular weight excluding hydrogens is 532 g/mol. The monoisotopic (exact) mass is 572 g/mol. The van der Waals surface area contributed by atoms with Crippen LogP contribution in [0, 0.1) is 0 Å². The van der Waals surface area contributed by atoms with Crippen LogP contribution in [0.15, 0.2) is 66.0 Å². The molecule has 1 saturated heterocycles. The molecular formula is C33H40N4O3S. The van der Waals surface area contributed by atoms with Gasteiger partial charge in [0, 0.05) is 49.2 Å². The first kappa shape index (κ1) is 27.8. The predicted octanol–water partition coefficient (Wildman–Crippen LogP) is 5.31. The van der Waals surface area contributed by atoms with E-state index in [1.165, 1.54) is 0 Å². The van der Waals surface area contributed by atoms with Gasteiger partial charge in [-0.1, -0.05) is 49.2 Å². The van der Waals surface area contributed by atoms with E-state index in [9.17, 15) is 9.59 Å². The average molecular weight is 573 g/mol. The summed E-state index contributed by atoms with van der Waals surface area (Å²) >= 11 is 1.65. The van der Waals surface area contributed by atoms with Crippen LogP contribution in [0.3, 0.4) is 0 Å². The first-order valence-electron chi connectivity index (χ1n) is 15.0. The van der Waals surface area contributed by atoms with Crippen molar-refractivity contribution in [2.24, 2.45) is 0 Å². The highest BCUT2D eigenvalue weighted by Crippen LogP contribution is 2.47. The van der Waals surface area contributed by atoms with Crippen LogP contribution in [0.5, 0.6) is 5.75 Å². The molecule has 2 amide bonds. The molecule has 1 saturated carbocycles. The van der Waals surface area contributed by atoms with E-state index in [-0.39, 0.29) is 23.9 Å². The van der Waals surface area contributed by atoms with E-state index < -0.39 is 5.92 Å². The standard InChI is InChI=1S/C33H40N4O3S/c1-40-28-15-7-6-14-27(28)36-21-19-35(20-22-36)18-9-17-34-32(38)30-25-12-4-5-13-26(25)33(39)37(24-10-2-3-11-24)31(30)29-16-8-23-41-29/h4-8,12-16,23-24,30-31H,2-3,9-11,17-22H2,1H3,(H,34,38)/t30-,31+/m1/s1. The second-order valence-corrected chi connectivity index (χ2v) is 12.3. The molecule has 0 bridgehead atoms. The summed E-state index contributed by atoms with van der Waals surface area (Å²) < 4.78 is 5.56. The highest BCUT2D eigenvalue weighted by atomic mass is 32.1. The molecule has 41 heavy (non-hydrogen) atoms. The number of nitrogens with zero attached hydrogens (tertiary/aromatic N) is 3. The lowest BCUT2D eigenvalue weighted by Gasteiger charge is -2.44. The summed E-state index contributed by atoms with van der Waals surface area (Å²) in [6.07, 6.45) is 5.18. The number of nitrogens with one attached hydrogen (secondary N) is 1. The summed E-state index contributed by atoms with van der Waals surface area (Å²) in [5, 5.41) is 5.33. The molecule has 2 aliphatic heterocycles. The summed E-state index contributed by atoms with van der Waals surface area (Å²) in [7, 11) is 1.72. The topological polar surface area (TPSA) is 65.1 Å². The van der Waals surface area contributed by atoms with Gasteiger partial charge < -0.3 is 19.9 Å². The third kappa shape index (κ3) is 5.72. The molecule has 1 aromatic heterocycles. The van der Waals surface area contributed by atoms with Crippen LogP contribution in [0.4, 0.5) is 5.69 Å². The largest absolute Gasteiger partial charge is 0.495 e. The minimum atomic E-state index is -0.410. The van der Waals surface area contributed by atoms with Gasteiger partial charge in [-0.05, 0) is 61.0 Å². The highest BCUT2D eigenvalue weighted by molar-refractivity contribution is 7.10. The number of methoxy groups -OCH3 is 1. The lowest BCUT2D eigenvalue weighted by Crippen LogP contribution is -2.51. The highest BCUT2D eigenvalue weighted by Gasteiger charge is 2.47. The molecule has 6 rings (SSSR count). The number of piperazine rings is 1. The van der Waals surface area contributed by atoms with E-state index in [1.54, 1.807) is 18.4 Å². The first-order valence-corrected chi connectivity index (χ1v) is 15.9. The Labute approximate surface area is 247 Å². The van der Waals surface area contributed by atoms with Crippen molar-refractivity contribution < 1.29 is 14.3 Å². The van der Waals surface area contributed by atoms with Crippen molar-refractivity contribution in [3.8, 4) is 5.75 Å². The van der Waals surface area contributed by atoms with Crippen LogP contribution in [-0.4, -0.2) is 74.0 Å². The van der Waals surface area contributed by atoms with Gasteiger partial charge in [-0.3, -0.25) is 14.5 Å². The number of hydrogen-bond acceptors (Lipinski definition) is 6. The van der Waals surface area contributed by atoms with Crippen LogP contribution in [0.1, 0.15) is 64.9 Å². The normalized spacial score (nSPS) is 21.6. The van der Waals surface area contributed by atoms with Crippen LogP contribution >= 0.6 is 11.3 Å². The lowest BCUT2D eigenvalue weighted by atomic mass is 9.80. The molecule has 1 aliphatic carbocycles. The predicted molar refractivity (Wildman–Crippen MR) is 164 cm³/mol. The Morgan fingerprint density at radius 1 is 0.976 bits per heavy atom. The van der Waals surface area contributed by atoms with E-state index in [1.807, 2.05) is 42.5 Å². The summed E-state index contributed by atoms with van der Waals surface area (Å²) in [4.78, 5) is 35.8. The maximum absolute atomic E-state index is 14.0. The Bertz CT molecular complexity index is 1330. The van der Waals surface area contributed by atoms with Gasteiger partial charge in [0.05, 0.1) is 24.8 Å². The zero-order valence-electron chi connectivity index (χ0n) is 23.8. The number of hydrogen-bond donors (Lipinski definition) is 1. The summed E-state index contributed by atoms with van der Waals surface area (Å²) in [6.45, 7) is 5.46. The van der Waals surface area contributed by atoms with Crippen LogP contribution < -0.4 is 15.0 Å². The van der Waals surface area contributed by atoms with Gasteiger partial charge in [-0.25, -0.2) is 0 Å². The first-order chi connectivity index (χ1) is 20.2. The zero-order valence-corrected chi connectivity index (χ0v) is 24.7. The molecule has 2 aromatic carbocycles. The lowest BCUT2D eigenvalue weighted by molar-refractivity contribution is -0.124. The number of benzene rings is 2. The third-order valence-electron chi connectivity index (χ3n) is 8.96. The molecule has 0 radical (unpaired) electrons. The fraction of sp³-hybridized carbons (Fsp3) is 0.455. The molecule has 216 valence electrons. The SMILES string of the molecule is COc1ccccc1N1CCN(CCCNC(=O)[C@@H]2c3ccccc3C(=O)N(C3CCCC3)[C@H]2c2cccs2)CC1. The average Bonchev–Trinajstić information content (AvgIpc) is 3.75. The Morgan fingerprint density at radius 3 is 2.49 bits per heavy atom. The van der Waals surface area contributed by atoms with Crippen LogP contribution in [0.2, 0.25) is 0 Å². The minimum absolute atomic E-state index is 0.0207. The number of thiophene rings is 1. The van der Waals surface area contributed by atoms with Gasteiger partial charge in [0.1, 0.15) is 5.75 Å². The van der Waals surface area contributed by atoms with E-state index in [2.05, 4.69) is 43.6 Å². The quantitative estimate of drug-likeness (QED) is 0.352. The van der Waals surface area contributed by atoms with E-state index in [0.717, 1.165) is 86.7 Å². The molecule has 0 unspecified atom stereocenters. The van der Waals surface area contributed by atoms with Gasteiger partial charge in [0.15, 0.2) is 0 Å². The Balaban J connectivity index is 1.10. The van der Waals surface area contributed by atoms with Crippen molar-refractivity contribution >= 4 is 28.8 Å². The number of anilines is 1. The molecule has 3 aromatic rings. The fourth-order valence-electron chi connectivity index (χ4n) is 6.91. The van der Waals surface area contributed by atoms with Crippen LogP contribution in [-0.2, 0) is 4.79 Å². The van der Waals surface area contributed by atoms with Crippen LogP contribution in [0.25, 0.3) is 0 Å². The van der Waals surface area contributed by atoms with Gasteiger partial charge in [-0.2, -0.15) is 0 Å².